The minimum atomic E-state index is -1.20. The maximum atomic E-state index is 13.2. The number of hydrogen-bond acceptors (Lipinski definition) is 4. The van der Waals surface area contributed by atoms with E-state index in [0.717, 1.165) is 12.1 Å². The van der Waals surface area contributed by atoms with Crippen LogP contribution in [-0.4, -0.2) is 11.5 Å². The van der Waals surface area contributed by atoms with Gasteiger partial charge in [0.1, 0.15) is 6.07 Å². The molecule has 0 radical (unpaired) electrons. The number of halogens is 3. The summed E-state index contributed by atoms with van der Waals surface area (Å²) in [7, 11) is 0. The van der Waals surface area contributed by atoms with Crippen molar-refractivity contribution >= 4 is 28.8 Å². The third-order valence-corrected chi connectivity index (χ3v) is 1.86. The number of amidine groups is 1. The number of nitriles is 1. The smallest absolute Gasteiger partial charge is 0.201 e. The van der Waals surface area contributed by atoms with Crippen molar-refractivity contribution in [3.63, 3.8) is 0 Å². The molecule has 0 fully saturated rings. The highest BCUT2D eigenvalue weighted by Gasteiger charge is 2.10. The van der Waals surface area contributed by atoms with E-state index in [9.17, 15) is 8.78 Å². The number of nitrogens with two attached hydrogens (primary N) is 1. The minimum Gasteiger partial charge on any atom is -0.382 e. The molecule has 1 rings (SSSR count). The summed E-state index contributed by atoms with van der Waals surface area (Å²) in [4.78, 5) is 0. The van der Waals surface area contributed by atoms with E-state index in [-0.39, 0.29) is 10.7 Å². The second kappa shape index (κ2) is 5.23. The first-order valence-electron chi connectivity index (χ1n) is 4.18. The van der Waals surface area contributed by atoms with Crippen LogP contribution < -0.4 is 11.2 Å². The summed E-state index contributed by atoms with van der Waals surface area (Å²) >= 11 is 5.51. The summed E-state index contributed by atoms with van der Waals surface area (Å²) in [6, 6.07) is 3.38. The van der Waals surface area contributed by atoms with Crippen LogP contribution in [0.3, 0.4) is 0 Å². The van der Waals surface area contributed by atoms with E-state index in [4.69, 9.17) is 28.0 Å². The van der Waals surface area contributed by atoms with Crippen LogP contribution in [0.5, 0.6) is 0 Å². The molecule has 0 aliphatic carbocycles. The molecule has 0 heterocycles. The van der Waals surface area contributed by atoms with Gasteiger partial charge in [-0.1, -0.05) is 11.6 Å². The van der Waals surface area contributed by atoms with Gasteiger partial charge in [-0.05, 0) is 12.1 Å². The Balaban J connectivity index is 3.05. The quantitative estimate of drug-likeness (QED) is 0.333. The van der Waals surface area contributed by atoms with Gasteiger partial charge in [0.05, 0.1) is 5.69 Å². The maximum absolute atomic E-state index is 13.2. The molecule has 0 amide bonds. The van der Waals surface area contributed by atoms with Crippen molar-refractivity contribution in [1.29, 1.82) is 10.7 Å². The Morgan fingerprint density at radius 2 is 2.18 bits per heavy atom. The first-order valence-corrected chi connectivity index (χ1v) is 4.56. The monoisotopic (exact) mass is 257 g/mol. The molecule has 0 saturated heterocycles. The Morgan fingerprint density at radius 3 is 2.71 bits per heavy atom. The van der Waals surface area contributed by atoms with E-state index in [0.29, 0.717) is 0 Å². The largest absolute Gasteiger partial charge is 0.382 e. The maximum Gasteiger partial charge on any atom is 0.201 e. The first-order chi connectivity index (χ1) is 7.95. The Labute approximate surface area is 100.0 Å². The lowest BCUT2D eigenvalue weighted by molar-refractivity contribution is 0.511. The molecule has 0 atom stereocenters. The van der Waals surface area contributed by atoms with Crippen LogP contribution in [0.4, 0.5) is 14.5 Å². The summed E-state index contributed by atoms with van der Waals surface area (Å²) in [6.07, 6.45) is 0. The Bertz CT molecular complexity index is 535. The molecule has 88 valence electrons. The molecule has 5 nitrogen and oxygen atoms in total. The standard InChI is InChI=1S/C9H6ClF2N5/c10-4-1-5(11)8(12)6(2-4)16-17-7(3-13)9(14)15/h1-2,16H,(H3,14,15)/b17-7+. The van der Waals surface area contributed by atoms with Gasteiger partial charge >= 0.3 is 0 Å². The van der Waals surface area contributed by atoms with Crippen molar-refractivity contribution in [3.8, 4) is 6.07 Å². The molecule has 1 aromatic carbocycles. The lowest BCUT2D eigenvalue weighted by atomic mass is 10.3. The topological polar surface area (TPSA) is 98.0 Å². The van der Waals surface area contributed by atoms with Gasteiger partial charge in [-0.2, -0.15) is 10.4 Å². The van der Waals surface area contributed by atoms with Gasteiger partial charge < -0.3 is 5.73 Å². The van der Waals surface area contributed by atoms with E-state index in [1.165, 1.54) is 6.07 Å². The lowest BCUT2D eigenvalue weighted by Gasteiger charge is -2.04. The summed E-state index contributed by atoms with van der Waals surface area (Å²) in [5.41, 5.74) is 6.27. The van der Waals surface area contributed by atoms with Crippen molar-refractivity contribution < 1.29 is 8.78 Å². The number of hydrogen-bond donors (Lipinski definition) is 3. The highest BCUT2D eigenvalue weighted by molar-refractivity contribution is 6.45. The zero-order chi connectivity index (χ0) is 13.0. The number of nitrogens with one attached hydrogen (secondary N) is 2. The Morgan fingerprint density at radius 1 is 1.53 bits per heavy atom. The molecule has 1 aromatic rings. The Hall–Kier alpha value is -2.20. The fraction of sp³-hybridized carbons (Fsp3) is 0. The van der Waals surface area contributed by atoms with Crippen LogP contribution in [0.1, 0.15) is 0 Å². The average molecular weight is 258 g/mol. The lowest BCUT2D eigenvalue weighted by Crippen LogP contribution is -2.22. The molecule has 0 unspecified atom stereocenters. The minimum absolute atomic E-state index is 0.0390. The van der Waals surface area contributed by atoms with E-state index in [2.05, 4.69) is 10.5 Å². The molecule has 4 N–H and O–H groups in total. The molecule has 8 heteroatoms. The third-order valence-electron chi connectivity index (χ3n) is 1.64. The zero-order valence-corrected chi connectivity index (χ0v) is 9.02. The summed E-state index contributed by atoms with van der Waals surface area (Å²) in [5, 5.41) is 18.8. The van der Waals surface area contributed by atoms with Crippen molar-refractivity contribution in [2.24, 2.45) is 10.8 Å². The van der Waals surface area contributed by atoms with Gasteiger partial charge in [0.25, 0.3) is 0 Å². The number of benzene rings is 1. The van der Waals surface area contributed by atoms with E-state index < -0.39 is 23.2 Å². The van der Waals surface area contributed by atoms with Gasteiger partial charge in [0, 0.05) is 5.02 Å². The van der Waals surface area contributed by atoms with Gasteiger partial charge in [-0.15, -0.1) is 0 Å². The van der Waals surface area contributed by atoms with Crippen molar-refractivity contribution in [2.75, 3.05) is 5.43 Å². The van der Waals surface area contributed by atoms with E-state index in [1.54, 1.807) is 0 Å². The predicted octanol–water partition coefficient (Wildman–Crippen LogP) is 1.85. The second-order valence-corrected chi connectivity index (χ2v) is 3.28. The van der Waals surface area contributed by atoms with Crippen LogP contribution in [0, 0.1) is 28.4 Å². The molecular formula is C9H6ClF2N5. The van der Waals surface area contributed by atoms with Crippen LogP contribution >= 0.6 is 11.6 Å². The number of nitrogens with zero attached hydrogens (tertiary/aromatic N) is 2. The number of hydrazone groups is 1. The van der Waals surface area contributed by atoms with Crippen molar-refractivity contribution in [2.45, 2.75) is 0 Å². The second-order valence-electron chi connectivity index (χ2n) is 2.85. The normalized spacial score (nSPS) is 10.8. The molecule has 0 spiro atoms. The fourth-order valence-corrected chi connectivity index (χ4v) is 1.10. The molecule has 0 aliphatic heterocycles. The summed E-state index contributed by atoms with van der Waals surface area (Å²) in [5.74, 6) is -2.95. The molecule has 0 aromatic heterocycles. The van der Waals surface area contributed by atoms with Gasteiger partial charge in [0.15, 0.2) is 17.5 Å². The molecule has 0 bridgehead atoms. The summed E-state index contributed by atoms with van der Waals surface area (Å²) < 4.78 is 26.1. The predicted molar refractivity (Wildman–Crippen MR) is 60.0 cm³/mol. The number of rotatable bonds is 3. The van der Waals surface area contributed by atoms with Crippen LogP contribution in [-0.2, 0) is 0 Å². The fourth-order valence-electron chi connectivity index (χ4n) is 0.899. The molecular weight excluding hydrogens is 252 g/mol. The zero-order valence-electron chi connectivity index (χ0n) is 8.26. The Kier molecular flexibility index (Phi) is 3.96. The van der Waals surface area contributed by atoms with Crippen LogP contribution in [0.25, 0.3) is 0 Å². The number of anilines is 1. The third kappa shape index (κ3) is 3.12. The van der Waals surface area contributed by atoms with Gasteiger partial charge in [-0.25, -0.2) is 8.78 Å². The highest BCUT2D eigenvalue weighted by atomic mass is 35.5. The van der Waals surface area contributed by atoms with Gasteiger partial charge in [0.2, 0.25) is 5.71 Å². The summed E-state index contributed by atoms with van der Waals surface area (Å²) in [6.45, 7) is 0. The van der Waals surface area contributed by atoms with Gasteiger partial charge in [-0.3, -0.25) is 10.8 Å². The van der Waals surface area contributed by atoms with Crippen LogP contribution in [0.2, 0.25) is 5.02 Å². The van der Waals surface area contributed by atoms with E-state index >= 15 is 0 Å². The molecule has 0 saturated carbocycles. The molecule has 0 aliphatic rings. The van der Waals surface area contributed by atoms with Crippen LogP contribution in [0.15, 0.2) is 17.2 Å². The first kappa shape index (κ1) is 12.9. The molecule has 17 heavy (non-hydrogen) atoms. The van der Waals surface area contributed by atoms with E-state index in [1.807, 2.05) is 0 Å². The van der Waals surface area contributed by atoms with Crippen molar-refractivity contribution in [3.05, 3.63) is 28.8 Å². The average Bonchev–Trinajstić information content (AvgIpc) is 2.25. The highest BCUT2D eigenvalue weighted by Crippen LogP contribution is 2.22. The SMILES string of the molecule is N#C/C(=N\Nc1cc(Cl)cc(F)c1F)C(=N)N. The van der Waals surface area contributed by atoms with Crippen molar-refractivity contribution in [1.82, 2.24) is 0 Å².